The van der Waals surface area contributed by atoms with E-state index in [0.717, 1.165) is 30.0 Å². The Morgan fingerprint density at radius 1 is 1.41 bits per heavy atom. The molecule has 0 aromatic heterocycles. The average molecular weight is 235 g/mol. The second kappa shape index (κ2) is 4.96. The van der Waals surface area contributed by atoms with Gasteiger partial charge in [-0.05, 0) is 36.1 Å². The van der Waals surface area contributed by atoms with E-state index in [4.69, 9.17) is 15.2 Å². The molecular weight excluding hydrogens is 214 g/mol. The van der Waals surface area contributed by atoms with Crippen molar-refractivity contribution < 1.29 is 9.47 Å². The van der Waals surface area contributed by atoms with Crippen LogP contribution >= 0.6 is 0 Å². The van der Waals surface area contributed by atoms with Gasteiger partial charge in [0.05, 0.1) is 13.2 Å². The number of rotatable bonds is 3. The summed E-state index contributed by atoms with van der Waals surface area (Å²) in [6.07, 6.45) is 1.16. The second-order valence-corrected chi connectivity index (χ2v) is 5.00. The molecular formula is C14H21NO2. The van der Waals surface area contributed by atoms with Crippen LogP contribution in [0.5, 0.6) is 5.75 Å². The van der Waals surface area contributed by atoms with Crippen molar-refractivity contribution in [1.82, 2.24) is 0 Å². The number of benzene rings is 1. The summed E-state index contributed by atoms with van der Waals surface area (Å²) in [6, 6.07) is 4.08. The number of hydrogen-bond donors (Lipinski definition) is 1. The summed E-state index contributed by atoms with van der Waals surface area (Å²) in [7, 11) is 0. The Bertz CT molecular complexity index is 395. The number of anilines is 1. The molecule has 0 amide bonds. The van der Waals surface area contributed by atoms with Crippen molar-refractivity contribution >= 4 is 5.69 Å². The smallest absolute Gasteiger partial charge is 0.124 e. The van der Waals surface area contributed by atoms with Gasteiger partial charge in [0.25, 0.3) is 0 Å². The molecule has 1 aliphatic rings. The predicted octanol–water partition coefficient (Wildman–Crippen LogP) is 2.87. The van der Waals surface area contributed by atoms with Crippen molar-refractivity contribution in [2.75, 3.05) is 18.9 Å². The van der Waals surface area contributed by atoms with Crippen LogP contribution in [0.4, 0.5) is 5.69 Å². The summed E-state index contributed by atoms with van der Waals surface area (Å²) >= 11 is 0. The zero-order valence-corrected chi connectivity index (χ0v) is 10.8. The Morgan fingerprint density at radius 2 is 2.18 bits per heavy atom. The Kier molecular flexibility index (Phi) is 3.57. The number of aryl methyl sites for hydroxylation is 1. The van der Waals surface area contributed by atoms with Gasteiger partial charge < -0.3 is 15.2 Å². The number of nitrogens with two attached hydrogens (primary N) is 1. The van der Waals surface area contributed by atoms with E-state index in [-0.39, 0.29) is 6.10 Å². The molecule has 17 heavy (non-hydrogen) atoms. The normalized spacial score (nSPS) is 19.9. The van der Waals surface area contributed by atoms with Crippen molar-refractivity contribution in [3.05, 3.63) is 23.3 Å². The van der Waals surface area contributed by atoms with Crippen LogP contribution < -0.4 is 10.5 Å². The fourth-order valence-corrected chi connectivity index (χ4v) is 2.05. The molecule has 1 fully saturated rings. The molecule has 1 unspecified atom stereocenters. The van der Waals surface area contributed by atoms with Crippen molar-refractivity contribution in [1.29, 1.82) is 0 Å². The maximum Gasteiger partial charge on any atom is 0.124 e. The zero-order valence-electron chi connectivity index (χ0n) is 10.8. The minimum Gasteiger partial charge on any atom is -0.488 e. The first kappa shape index (κ1) is 12.2. The van der Waals surface area contributed by atoms with Gasteiger partial charge in [-0.25, -0.2) is 0 Å². The van der Waals surface area contributed by atoms with Gasteiger partial charge >= 0.3 is 0 Å². The molecule has 1 atom stereocenters. The summed E-state index contributed by atoms with van der Waals surface area (Å²) in [4.78, 5) is 0. The first-order valence-electron chi connectivity index (χ1n) is 6.22. The van der Waals surface area contributed by atoms with Crippen LogP contribution in [-0.2, 0) is 4.74 Å². The highest BCUT2D eigenvalue weighted by Crippen LogP contribution is 2.32. The van der Waals surface area contributed by atoms with Gasteiger partial charge in [-0.3, -0.25) is 0 Å². The predicted molar refractivity (Wildman–Crippen MR) is 69.5 cm³/mol. The Morgan fingerprint density at radius 3 is 2.76 bits per heavy atom. The van der Waals surface area contributed by atoms with Crippen LogP contribution in [0.25, 0.3) is 0 Å². The van der Waals surface area contributed by atoms with E-state index in [1.807, 2.05) is 19.1 Å². The molecule has 0 spiro atoms. The largest absolute Gasteiger partial charge is 0.488 e. The van der Waals surface area contributed by atoms with Gasteiger partial charge in [0.1, 0.15) is 11.9 Å². The minimum atomic E-state index is 0.190. The van der Waals surface area contributed by atoms with Crippen LogP contribution in [0.2, 0.25) is 0 Å². The van der Waals surface area contributed by atoms with Gasteiger partial charge in [0, 0.05) is 12.1 Å². The van der Waals surface area contributed by atoms with E-state index in [1.54, 1.807) is 0 Å². The molecule has 0 aliphatic carbocycles. The fraction of sp³-hybridized carbons (Fsp3) is 0.571. The number of ether oxygens (including phenoxy) is 2. The lowest BCUT2D eigenvalue weighted by Gasteiger charge is -2.19. The van der Waals surface area contributed by atoms with Gasteiger partial charge in [0.15, 0.2) is 0 Å². The first-order chi connectivity index (χ1) is 8.08. The summed E-state index contributed by atoms with van der Waals surface area (Å²) in [5.74, 6) is 1.37. The Labute approximate surface area is 103 Å². The lowest BCUT2D eigenvalue weighted by molar-refractivity contribution is 0.140. The summed E-state index contributed by atoms with van der Waals surface area (Å²) in [5, 5.41) is 0. The summed E-state index contributed by atoms with van der Waals surface area (Å²) in [5.41, 5.74) is 9.05. The maximum absolute atomic E-state index is 6.02. The molecule has 1 heterocycles. The molecule has 1 saturated heterocycles. The SMILES string of the molecule is Cc1cc(OC2CCOC2)c(C(C)C)cc1N. The lowest BCUT2D eigenvalue weighted by atomic mass is 9.99. The van der Waals surface area contributed by atoms with Gasteiger partial charge in [0.2, 0.25) is 0 Å². The Balaban J connectivity index is 2.26. The topological polar surface area (TPSA) is 44.5 Å². The third-order valence-electron chi connectivity index (χ3n) is 3.20. The molecule has 3 nitrogen and oxygen atoms in total. The van der Waals surface area contributed by atoms with Gasteiger partial charge in [-0.2, -0.15) is 0 Å². The lowest BCUT2D eigenvalue weighted by Crippen LogP contribution is -2.17. The molecule has 3 heteroatoms. The van der Waals surface area contributed by atoms with E-state index in [9.17, 15) is 0 Å². The van der Waals surface area contributed by atoms with Gasteiger partial charge in [-0.1, -0.05) is 13.8 Å². The third-order valence-corrected chi connectivity index (χ3v) is 3.20. The van der Waals surface area contributed by atoms with Crippen LogP contribution in [0.3, 0.4) is 0 Å². The van der Waals surface area contributed by atoms with E-state index in [0.29, 0.717) is 12.5 Å². The van der Waals surface area contributed by atoms with Crippen LogP contribution in [0.1, 0.15) is 37.3 Å². The van der Waals surface area contributed by atoms with Crippen molar-refractivity contribution in [3.8, 4) is 5.75 Å². The molecule has 0 radical (unpaired) electrons. The fourth-order valence-electron chi connectivity index (χ4n) is 2.05. The summed E-state index contributed by atoms with van der Waals surface area (Å²) < 4.78 is 11.4. The van der Waals surface area contributed by atoms with Crippen LogP contribution in [0.15, 0.2) is 12.1 Å². The molecule has 1 aromatic rings. The molecule has 2 rings (SSSR count). The van der Waals surface area contributed by atoms with Crippen LogP contribution in [-0.4, -0.2) is 19.3 Å². The first-order valence-corrected chi connectivity index (χ1v) is 6.22. The highest BCUT2D eigenvalue weighted by atomic mass is 16.5. The quantitative estimate of drug-likeness (QED) is 0.819. The van der Waals surface area contributed by atoms with Gasteiger partial charge in [-0.15, -0.1) is 0 Å². The minimum absolute atomic E-state index is 0.190. The Hall–Kier alpha value is -1.22. The summed E-state index contributed by atoms with van der Waals surface area (Å²) in [6.45, 7) is 7.82. The average Bonchev–Trinajstić information content (AvgIpc) is 2.75. The second-order valence-electron chi connectivity index (χ2n) is 5.00. The van der Waals surface area contributed by atoms with Crippen molar-refractivity contribution in [2.45, 2.75) is 39.2 Å². The van der Waals surface area contributed by atoms with E-state index in [2.05, 4.69) is 13.8 Å². The van der Waals surface area contributed by atoms with E-state index < -0.39 is 0 Å². The number of nitrogen functional groups attached to an aromatic ring is 1. The molecule has 1 aromatic carbocycles. The highest BCUT2D eigenvalue weighted by Gasteiger charge is 2.20. The molecule has 2 N–H and O–H groups in total. The maximum atomic E-state index is 6.02. The molecule has 0 saturated carbocycles. The van der Waals surface area contributed by atoms with Crippen LogP contribution in [0, 0.1) is 6.92 Å². The number of hydrogen-bond acceptors (Lipinski definition) is 3. The standard InChI is InChI=1S/C14H21NO2/c1-9(2)12-7-13(15)10(3)6-14(12)17-11-4-5-16-8-11/h6-7,9,11H,4-5,8,15H2,1-3H3. The monoisotopic (exact) mass is 235 g/mol. The molecule has 1 aliphatic heterocycles. The third kappa shape index (κ3) is 2.72. The highest BCUT2D eigenvalue weighted by molar-refractivity contribution is 5.55. The zero-order chi connectivity index (χ0) is 12.4. The molecule has 94 valence electrons. The van der Waals surface area contributed by atoms with Crippen molar-refractivity contribution in [2.24, 2.45) is 0 Å². The van der Waals surface area contributed by atoms with E-state index in [1.165, 1.54) is 5.56 Å². The molecule has 0 bridgehead atoms. The van der Waals surface area contributed by atoms with Crippen molar-refractivity contribution in [3.63, 3.8) is 0 Å². The van der Waals surface area contributed by atoms with E-state index >= 15 is 0 Å².